The van der Waals surface area contributed by atoms with Crippen LogP contribution in [0.15, 0.2) is 89.3 Å². The monoisotopic (exact) mass is 468 g/mol. The second-order valence-corrected chi connectivity index (χ2v) is 9.12. The van der Waals surface area contributed by atoms with E-state index in [1.807, 2.05) is 0 Å². The lowest BCUT2D eigenvalue weighted by atomic mass is 9.95. The number of nitrogens with zero attached hydrogens (tertiary/aromatic N) is 1. The molecule has 1 amide bonds. The van der Waals surface area contributed by atoms with E-state index in [-0.39, 0.29) is 21.9 Å². The van der Waals surface area contributed by atoms with Crippen molar-refractivity contribution in [1.82, 2.24) is 0 Å². The number of nitrogens with two attached hydrogens (primary N) is 1. The Balaban J connectivity index is 1.90. The third kappa shape index (κ3) is 3.91. The minimum atomic E-state index is -3.93. The van der Waals surface area contributed by atoms with Crippen LogP contribution >= 0.6 is 11.6 Å². The molecule has 1 fully saturated rings. The summed E-state index contributed by atoms with van der Waals surface area (Å²) in [5.41, 5.74) is 1.12. The summed E-state index contributed by atoms with van der Waals surface area (Å²) >= 11 is 5.92. The third-order valence-corrected chi connectivity index (χ3v) is 6.30. The maximum Gasteiger partial charge on any atom is 0.300 e. The Bertz CT molecular complexity index is 1340. The zero-order valence-corrected chi connectivity index (χ0v) is 18.0. The molecule has 7 nitrogen and oxygen atoms in total. The molecule has 32 heavy (non-hydrogen) atoms. The van der Waals surface area contributed by atoms with E-state index in [1.165, 1.54) is 29.2 Å². The van der Waals surface area contributed by atoms with Gasteiger partial charge >= 0.3 is 0 Å². The highest BCUT2D eigenvalue weighted by Gasteiger charge is 2.46. The maximum absolute atomic E-state index is 13.0. The second-order valence-electron chi connectivity index (χ2n) is 7.13. The molecular formula is C23H17ClN2O5S. The topological polar surface area (TPSA) is 118 Å². The van der Waals surface area contributed by atoms with Crippen LogP contribution in [0.3, 0.4) is 0 Å². The van der Waals surface area contributed by atoms with Crippen molar-refractivity contribution in [2.24, 2.45) is 5.14 Å². The molecule has 1 aliphatic heterocycles. The second kappa shape index (κ2) is 8.23. The number of halogens is 1. The summed E-state index contributed by atoms with van der Waals surface area (Å²) in [5.74, 6) is -2.04. The molecule has 9 heteroatoms. The lowest BCUT2D eigenvalue weighted by molar-refractivity contribution is -0.132. The van der Waals surface area contributed by atoms with Gasteiger partial charge in [0.05, 0.1) is 16.5 Å². The number of aliphatic hydroxyl groups is 1. The molecule has 0 aromatic heterocycles. The molecule has 0 aliphatic carbocycles. The predicted molar refractivity (Wildman–Crippen MR) is 120 cm³/mol. The molecule has 1 aliphatic rings. The van der Waals surface area contributed by atoms with Crippen LogP contribution in [0.5, 0.6) is 0 Å². The van der Waals surface area contributed by atoms with E-state index >= 15 is 0 Å². The van der Waals surface area contributed by atoms with Crippen molar-refractivity contribution in [2.45, 2.75) is 10.9 Å². The Kier molecular flexibility index (Phi) is 5.60. The van der Waals surface area contributed by atoms with Crippen molar-refractivity contribution >= 4 is 44.8 Å². The first-order valence-corrected chi connectivity index (χ1v) is 11.4. The number of sulfonamides is 1. The van der Waals surface area contributed by atoms with E-state index in [1.54, 1.807) is 54.6 Å². The van der Waals surface area contributed by atoms with Crippen LogP contribution in [0, 0.1) is 0 Å². The standard InChI is InChI=1S/C23H17ClN2O5S/c24-16-8-6-15(7-9-16)21(27)19-20(14-4-2-1-3-5-14)26(23(29)22(19)28)17-10-12-18(13-11-17)32(25,30)31/h1-13,20,27H,(H2,25,30,31)/b21-19+/t20-/m0/s1. The highest BCUT2D eigenvalue weighted by molar-refractivity contribution is 7.89. The number of carbonyl (C=O) groups excluding carboxylic acids is 2. The Morgan fingerprint density at radius 2 is 1.50 bits per heavy atom. The van der Waals surface area contributed by atoms with Gasteiger partial charge in [-0.15, -0.1) is 0 Å². The van der Waals surface area contributed by atoms with Crippen LogP contribution in [0.4, 0.5) is 5.69 Å². The van der Waals surface area contributed by atoms with Gasteiger partial charge in [0.1, 0.15) is 5.76 Å². The van der Waals surface area contributed by atoms with E-state index in [0.29, 0.717) is 16.1 Å². The summed E-state index contributed by atoms with van der Waals surface area (Å²) in [4.78, 5) is 27.2. The zero-order chi connectivity index (χ0) is 23.0. The zero-order valence-electron chi connectivity index (χ0n) is 16.5. The molecule has 0 radical (unpaired) electrons. The number of benzene rings is 3. The van der Waals surface area contributed by atoms with Gasteiger partial charge in [-0.05, 0) is 54.1 Å². The number of aliphatic hydroxyl groups excluding tert-OH is 1. The van der Waals surface area contributed by atoms with Gasteiger partial charge in [0.15, 0.2) is 0 Å². The van der Waals surface area contributed by atoms with Gasteiger partial charge < -0.3 is 5.11 Å². The Morgan fingerprint density at radius 3 is 2.06 bits per heavy atom. The number of anilines is 1. The molecule has 4 rings (SSSR count). The molecule has 162 valence electrons. The van der Waals surface area contributed by atoms with Crippen molar-refractivity contribution in [3.8, 4) is 0 Å². The van der Waals surface area contributed by atoms with Crippen molar-refractivity contribution < 1.29 is 23.1 Å². The fourth-order valence-corrected chi connectivity index (χ4v) is 4.25. The molecule has 3 aromatic rings. The van der Waals surface area contributed by atoms with Crippen LogP contribution < -0.4 is 10.0 Å². The SMILES string of the molecule is NS(=O)(=O)c1ccc(N2C(=O)C(=O)/C(=C(/O)c3ccc(Cl)cc3)[C@@H]2c2ccccc2)cc1. The Hall–Kier alpha value is -3.46. The first kappa shape index (κ1) is 21.8. The first-order chi connectivity index (χ1) is 15.2. The highest BCUT2D eigenvalue weighted by atomic mass is 35.5. The molecule has 0 unspecified atom stereocenters. The van der Waals surface area contributed by atoms with Gasteiger partial charge in [0, 0.05) is 16.3 Å². The van der Waals surface area contributed by atoms with Crippen LogP contribution in [0.2, 0.25) is 5.02 Å². The quantitative estimate of drug-likeness (QED) is 0.344. The Morgan fingerprint density at radius 1 is 0.906 bits per heavy atom. The van der Waals surface area contributed by atoms with E-state index < -0.39 is 27.8 Å². The number of ketones is 1. The van der Waals surface area contributed by atoms with E-state index in [9.17, 15) is 23.1 Å². The maximum atomic E-state index is 13.0. The average Bonchev–Trinajstić information content (AvgIpc) is 3.04. The molecule has 3 N–H and O–H groups in total. The van der Waals surface area contributed by atoms with Crippen molar-refractivity contribution in [2.75, 3.05) is 4.90 Å². The number of carbonyl (C=O) groups is 2. The summed E-state index contributed by atoms with van der Waals surface area (Å²) in [6.45, 7) is 0. The molecule has 0 spiro atoms. The summed E-state index contributed by atoms with van der Waals surface area (Å²) in [6, 6.07) is 19.4. The molecule has 1 heterocycles. The van der Waals surface area contributed by atoms with Gasteiger partial charge in [0.25, 0.3) is 11.7 Å². The minimum absolute atomic E-state index is 0.0842. The number of amides is 1. The van der Waals surface area contributed by atoms with Gasteiger partial charge in [-0.25, -0.2) is 13.6 Å². The minimum Gasteiger partial charge on any atom is -0.507 e. The molecular weight excluding hydrogens is 452 g/mol. The first-order valence-electron chi connectivity index (χ1n) is 9.43. The van der Waals surface area contributed by atoms with Gasteiger partial charge in [0.2, 0.25) is 10.0 Å². The number of hydrogen-bond acceptors (Lipinski definition) is 5. The molecule has 3 aromatic carbocycles. The predicted octanol–water partition coefficient (Wildman–Crippen LogP) is 3.61. The summed E-state index contributed by atoms with van der Waals surface area (Å²) in [5, 5.41) is 16.6. The van der Waals surface area contributed by atoms with E-state index in [4.69, 9.17) is 16.7 Å². The number of hydrogen-bond donors (Lipinski definition) is 2. The number of rotatable bonds is 4. The van der Waals surface area contributed by atoms with Crippen molar-refractivity contribution in [3.05, 3.63) is 101 Å². The number of Topliss-reactive ketones (excluding diaryl/α,β-unsaturated/α-hetero) is 1. The molecule has 0 saturated carbocycles. The van der Waals surface area contributed by atoms with Crippen LogP contribution in [0.25, 0.3) is 5.76 Å². The fourth-order valence-electron chi connectivity index (χ4n) is 3.61. The van der Waals surface area contributed by atoms with E-state index in [2.05, 4.69) is 0 Å². The van der Waals surface area contributed by atoms with Gasteiger partial charge in [-0.2, -0.15) is 0 Å². The number of primary sulfonamides is 1. The summed E-state index contributed by atoms with van der Waals surface area (Å²) in [7, 11) is -3.93. The lowest BCUT2D eigenvalue weighted by Gasteiger charge is -2.25. The lowest BCUT2D eigenvalue weighted by Crippen LogP contribution is -2.29. The van der Waals surface area contributed by atoms with Crippen LogP contribution in [0.1, 0.15) is 17.2 Å². The molecule has 1 atom stereocenters. The average molecular weight is 469 g/mol. The van der Waals surface area contributed by atoms with Crippen molar-refractivity contribution in [1.29, 1.82) is 0 Å². The van der Waals surface area contributed by atoms with Gasteiger partial charge in [-0.3, -0.25) is 14.5 Å². The fraction of sp³-hybridized carbons (Fsp3) is 0.0435. The summed E-state index contributed by atoms with van der Waals surface area (Å²) < 4.78 is 23.2. The van der Waals surface area contributed by atoms with E-state index in [0.717, 1.165) is 0 Å². The van der Waals surface area contributed by atoms with Crippen molar-refractivity contribution in [3.63, 3.8) is 0 Å². The normalized spacial score (nSPS) is 18.2. The van der Waals surface area contributed by atoms with Crippen LogP contribution in [-0.2, 0) is 19.6 Å². The molecule has 1 saturated heterocycles. The van der Waals surface area contributed by atoms with Gasteiger partial charge in [-0.1, -0.05) is 41.9 Å². The highest BCUT2D eigenvalue weighted by Crippen LogP contribution is 2.42. The Labute approximate surface area is 189 Å². The van der Waals surface area contributed by atoms with Crippen LogP contribution in [-0.4, -0.2) is 25.2 Å². The molecule has 0 bridgehead atoms. The smallest absolute Gasteiger partial charge is 0.300 e. The largest absolute Gasteiger partial charge is 0.507 e. The third-order valence-electron chi connectivity index (χ3n) is 5.12. The summed E-state index contributed by atoms with van der Waals surface area (Å²) in [6.07, 6.45) is 0.